The first kappa shape index (κ1) is 19.3. The van der Waals surface area contributed by atoms with Crippen molar-refractivity contribution >= 4 is 17.5 Å². The molecule has 2 aliphatic rings. The molecule has 1 atom stereocenters. The number of amides is 2. The van der Waals surface area contributed by atoms with Crippen molar-refractivity contribution in [1.82, 2.24) is 10.2 Å². The van der Waals surface area contributed by atoms with Gasteiger partial charge in [0.05, 0.1) is 12.3 Å². The standard InChI is InChI=1S/C19H24FN3O4/c1-12(25)21-10-15-9-18(22-27-15)14-2-3-16(17(20)8-14)13-4-6-23(7-5-13)19(26)11-24/h2-3,8,13,15,24H,4-7,9-11H2,1H3,(H,21,25). The lowest BCUT2D eigenvalue weighted by Gasteiger charge is -2.32. The minimum atomic E-state index is -0.485. The maximum absolute atomic E-state index is 14.7. The number of nitrogens with one attached hydrogen (secondary N) is 1. The molecule has 0 aromatic heterocycles. The van der Waals surface area contributed by atoms with Gasteiger partial charge in [-0.3, -0.25) is 9.59 Å². The number of rotatable bonds is 5. The normalized spacial score (nSPS) is 20.2. The summed E-state index contributed by atoms with van der Waals surface area (Å²) < 4.78 is 14.7. The lowest BCUT2D eigenvalue weighted by Crippen LogP contribution is -2.39. The summed E-state index contributed by atoms with van der Waals surface area (Å²) in [5.74, 6) is -0.643. The Morgan fingerprint density at radius 1 is 1.37 bits per heavy atom. The first-order chi connectivity index (χ1) is 13.0. The Morgan fingerprint density at radius 2 is 2.11 bits per heavy atom. The van der Waals surface area contributed by atoms with Crippen LogP contribution in [0.1, 0.15) is 43.2 Å². The van der Waals surface area contributed by atoms with Gasteiger partial charge in [-0.05, 0) is 30.4 Å². The van der Waals surface area contributed by atoms with Gasteiger partial charge in [0.25, 0.3) is 0 Å². The smallest absolute Gasteiger partial charge is 0.248 e. The molecule has 3 rings (SSSR count). The zero-order valence-corrected chi connectivity index (χ0v) is 15.3. The van der Waals surface area contributed by atoms with E-state index < -0.39 is 6.61 Å². The van der Waals surface area contributed by atoms with Gasteiger partial charge in [-0.2, -0.15) is 0 Å². The lowest BCUT2D eigenvalue weighted by molar-refractivity contribution is -0.135. The molecular weight excluding hydrogens is 353 g/mol. The van der Waals surface area contributed by atoms with Crippen LogP contribution in [0.4, 0.5) is 4.39 Å². The third-order valence-corrected chi connectivity index (χ3v) is 5.07. The first-order valence-corrected chi connectivity index (χ1v) is 9.13. The van der Waals surface area contributed by atoms with Gasteiger partial charge in [0.2, 0.25) is 11.8 Å². The minimum Gasteiger partial charge on any atom is -0.390 e. The second-order valence-electron chi connectivity index (χ2n) is 6.96. The average Bonchev–Trinajstić information content (AvgIpc) is 3.15. The molecular formula is C19H24FN3O4. The zero-order valence-electron chi connectivity index (χ0n) is 15.3. The largest absolute Gasteiger partial charge is 0.390 e. The van der Waals surface area contributed by atoms with Crippen molar-refractivity contribution in [3.8, 4) is 0 Å². The number of benzene rings is 1. The fourth-order valence-corrected chi connectivity index (χ4v) is 3.54. The number of hydrogen-bond donors (Lipinski definition) is 2. The summed E-state index contributed by atoms with van der Waals surface area (Å²) in [5, 5.41) is 15.6. The van der Waals surface area contributed by atoms with Gasteiger partial charge in [-0.15, -0.1) is 0 Å². The number of aliphatic hydroxyl groups is 1. The number of piperidine rings is 1. The highest BCUT2D eigenvalue weighted by molar-refractivity contribution is 6.01. The Balaban J connectivity index is 1.60. The molecule has 2 N–H and O–H groups in total. The van der Waals surface area contributed by atoms with E-state index in [1.165, 1.54) is 13.0 Å². The summed E-state index contributed by atoms with van der Waals surface area (Å²) in [6.07, 6.45) is 1.62. The Labute approximate surface area is 157 Å². The zero-order chi connectivity index (χ0) is 19.4. The van der Waals surface area contributed by atoms with E-state index in [9.17, 15) is 14.0 Å². The fraction of sp³-hybridized carbons (Fsp3) is 0.526. The molecule has 146 valence electrons. The van der Waals surface area contributed by atoms with Crippen LogP contribution < -0.4 is 5.32 Å². The summed E-state index contributed by atoms with van der Waals surface area (Å²) in [6, 6.07) is 5.10. The first-order valence-electron chi connectivity index (χ1n) is 9.13. The molecule has 1 fully saturated rings. The van der Waals surface area contributed by atoms with Crippen molar-refractivity contribution in [3.63, 3.8) is 0 Å². The van der Waals surface area contributed by atoms with E-state index in [-0.39, 0.29) is 29.7 Å². The summed E-state index contributed by atoms with van der Waals surface area (Å²) in [5.41, 5.74) is 1.98. The molecule has 8 heteroatoms. The highest BCUT2D eigenvalue weighted by Crippen LogP contribution is 2.31. The number of carbonyl (C=O) groups is 2. The number of halogens is 1. The second-order valence-corrected chi connectivity index (χ2v) is 6.96. The van der Waals surface area contributed by atoms with Crippen molar-refractivity contribution in [1.29, 1.82) is 0 Å². The van der Waals surface area contributed by atoms with Gasteiger partial charge in [-0.25, -0.2) is 4.39 Å². The summed E-state index contributed by atoms with van der Waals surface area (Å²) in [7, 11) is 0. The van der Waals surface area contributed by atoms with Gasteiger partial charge in [0.1, 0.15) is 18.5 Å². The molecule has 0 bridgehead atoms. The van der Waals surface area contributed by atoms with Crippen LogP contribution in [0.15, 0.2) is 23.4 Å². The number of oxime groups is 1. The van der Waals surface area contributed by atoms with Gasteiger partial charge < -0.3 is 20.2 Å². The number of nitrogens with zero attached hydrogens (tertiary/aromatic N) is 2. The van der Waals surface area contributed by atoms with Crippen LogP contribution in [0.2, 0.25) is 0 Å². The van der Waals surface area contributed by atoms with Crippen molar-refractivity contribution in [2.45, 2.75) is 38.2 Å². The van der Waals surface area contributed by atoms with E-state index in [4.69, 9.17) is 9.94 Å². The van der Waals surface area contributed by atoms with Crippen LogP contribution >= 0.6 is 0 Å². The fourth-order valence-electron chi connectivity index (χ4n) is 3.54. The highest BCUT2D eigenvalue weighted by atomic mass is 19.1. The Bertz CT molecular complexity index is 744. The summed E-state index contributed by atoms with van der Waals surface area (Å²) in [6.45, 7) is 2.37. The monoisotopic (exact) mass is 377 g/mol. The quantitative estimate of drug-likeness (QED) is 0.805. The van der Waals surface area contributed by atoms with Crippen molar-refractivity contribution in [3.05, 3.63) is 35.1 Å². The molecule has 0 saturated carbocycles. The van der Waals surface area contributed by atoms with Gasteiger partial charge >= 0.3 is 0 Å². The van der Waals surface area contributed by atoms with E-state index in [2.05, 4.69) is 10.5 Å². The van der Waals surface area contributed by atoms with E-state index in [0.717, 1.165) is 0 Å². The van der Waals surface area contributed by atoms with Crippen molar-refractivity contribution in [2.24, 2.45) is 5.16 Å². The molecule has 1 unspecified atom stereocenters. The van der Waals surface area contributed by atoms with Gasteiger partial charge in [0, 0.05) is 32.0 Å². The average molecular weight is 377 g/mol. The van der Waals surface area contributed by atoms with Crippen LogP contribution in [-0.2, 0) is 14.4 Å². The maximum Gasteiger partial charge on any atom is 0.248 e. The van der Waals surface area contributed by atoms with E-state index in [1.54, 1.807) is 11.0 Å². The molecule has 2 aliphatic heterocycles. The number of likely N-dealkylation sites (tertiary alicyclic amines) is 1. The number of aliphatic hydroxyl groups excluding tert-OH is 1. The van der Waals surface area contributed by atoms with Gasteiger partial charge in [-0.1, -0.05) is 17.3 Å². The molecule has 2 heterocycles. The Kier molecular flexibility index (Phi) is 6.05. The van der Waals surface area contributed by atoms with E-state index in [0.29, 0.717) is 55.7 Å². The molecule has 0 aliphatic carbocycles. The maximum atomic E-state index is 14.7. The highest BCUT2D eigenvalue weighted by Gasteiger charge is 2.27. The third-order valence-electron chi connectivity index (χ3n) is 5.07. The topological polar surface area (TPSA) is 91.2 Å². The molecule has 2 amide bonds. The molecule has 0 radical (unpaired) electrons. The number of hydrogen-bond acceptors (Lipinski definition) is 5. The molecule has 7 nitrogen and oxygen atoms in total. The van der Waals surface area contributed by atoms with Crippen molar-refractivity contribution in [2.75, 3.05) is 26.2 Å². The predicted octanol–water partition coefficient (Wildman–Crippen LogP) is 1.15. The van der Waals surface area contributed by atoms with Crippen molar-refractivity contribution < 1.29 is 23.9 Å². The van der Waals surface area contributed by atoms with E-state index >= 15 is 0 Å². The summed E-state index contributed by atoms with van der Waals surface area (Å²) in [4.78, 5) is 29.4. The van der Waals surface area contributed by atoms with E-state index in [1.807, 2.05) is 6.07 Å². The van der Waals surface area contributed by atoms with Crippen LogP contribution in [-0.4, -0.2) is 59.9 Å². The Hall–Kier alpha value is -2.48. The molecule has 1 aromatic rings. The van der Waals surface area contributed by atoms with Crippen LogP contribution in [0.25, 0.3) is 0 Å². The van der Waals surface area contributed by atoms with Crippen LogP contribution in [0, 0.1) is 5.82 Å². The Morgan fingerprint density at radius 3 is 2.74 bits per heavy atom. The predicted molar refractivity (Wildman–Crippen MR) is 96.8 cm³/mol. The second kappa shape index (κ2) is 8.47. The minimum absolute atomic E-state index is 0.0519. The lowest BCUT2D eigenvalue weighted by atomic mass is 9.88. The molecule has 0 spiro atoms. The van der Waals surface area contributed by atoms with Crippen LogP contribution in [0.3, 0.4) is 0 Å². The SMILES string of the molecule is CC(=O)NCC1CC(c2ccc(C3CCN(C(=O)CO)CC3)c(F)c2)=NO1. The summed E-state index contributed by atoms with van der Waals surface area (Å²) >= 11 is 0. The third kappa shape index (κ3) is 4.63. The molecule has 1 saturated heterocycles. The van der Waals surface area contributed by atoms with Gasteiger partial charge in [0.15, 0.2) is 0 Å². The molecule has 27 heavy (non-hydrogen) atoms. The molecule has 1 aromatic carbocycles. The number of carbonyl (C=O) groups excluding carboxylic acids is 2. The van der Waals surface area contributed by atoms with Crippen LogP contribution in [0.5, 0.6) is 0 Å².